The van der Waals surface area contributed by atoms with Crippen LogP contribution in [0, 0.1) is 11.3 Å². The van der Waals surface area contributed by atoms with Crippen LogP contribution < -0.4 is 4.74 Å². The van der Waals surface area contributed by atoms with Crippen molar-refractivity contribution >= 4 is 11.8 Å². The monoisotopic (exact) mass is 275 g/mol. The molecule has 0 bridgehead atoms. The highest BCUT2D eigenvalue weighted by Gasteiger charge is 2.12. The van der Waals surface area contributed by atoms with Gasteiger partial charge in [0, 0.05) is 0 Å². The maximum absolute atomic E-state index is 8.47. The third-order valence-corrected chi connectivity index (χ3v) is 3.07. The standard InChI is InChI=1S/C13H13N3O2S/c1-2-17-11-6-4-3-5-10(11)13-15-12(18-16-13)9-19-8-7-14/h3-6H,2,8-9H2,1H3. The molecule has 1 aromatic heterocycles. The number of rotatable bonds is 6. The predicted octanol–water partition coefficient (Wildman–Crippen LogP) is 2.89. The van der Waals surface area contributed by atoms with Gasteiger partial charge in [-0.25, -0.2) is 0 Å². The van der Waals surface area contributed by atoms with Crippen LogP contribution in [0.4, 0.5) is 0 Å². The molecule has 0 radical (unpaired) electrons. The van der Waals surface area contributed by atoms with Gasteiger partial charge in [-0.2, -0.15) is 10.2 Å². The van der Waals surface area contributed by atoms with Crippen molar-refractivity contribution in [1.82, 2.24) is 10.1 Å². The van der Waals surface area contributed by atoms with Gasteiger partial charge in [-0.3, -0.25) is 0 Å². The summed E-state index contributed by atoms with van der Waals surface area (Å²) in [7, 11) is 0. The molecule has 0 fully saturated rings. The predicted molar refractivity (Wildman–Crippen MR) is 72.7 cm³/mol. The average Bonchev–Trinajstić information content (AvgIpc) is 2.89. The Bertz CT molecular complexity index is 577. The van der Waals surface area contributed by atoms with E-state index in [9.17, 15) is 0 Å². The second-order valence-corrected chi connectivity index (χ2v) is 4.58. The van der Waals surface area contributed by atoms with E-state index in [1.165, 1.54) is 11.8 Å². The van der Waals surface area contributed by atoms with Gasteiger partial charge in [0.15, 0.2) is 0 Å². The Kier molecular flexibility index (Phi) is 4.81. The lowest BCUT2D eigenvalue weighted by Crippen LogP contribution is -1.94. The van der Waals surface area contributed by atoms with Crippen LogP contribution in [0.25, 0.3) is 11.4 Å². The van der Waals surface area contributed by atoms with Crippen molar-refractivity contribution in [1.29, 1.82) is 5.26 Å². The van der Waals surface area contributed by atoms with Crippen LogP contribution in [0.2, 0.25) is 0 Å². The normalized spacial score (nSPS) is 10.1. The second kappa shape index (κ2) is 6.81. The van der Waals surface area contributed by atoms with Crippen molar-refractivity contribution in [3.05, 3.63) is 30.2 Å². The Morgan fingerprint density at radius 2 is 2.26 bits per heavy atom. The first kappa shape index (κ1) is 13.4. The minimum atomic E-state index is 0.410. The second-order valence-electron chi connectivity index (χ2n) is 3.59. The van der Waals surface area contributed by atoms with Crippen LogP contribution in [0.15, 0.2) is 28.8 Å². The van der Waals surface area contributed by atoms with Crippen LogP contribution in [-0.2, 0) is 5.75 Å². The highest BCUT2D eigenvalue weighted by Crippen LogP contribution is 2.27. The molecule has 1 heterocycles. The van der Waals surface area contributed by atoms with Crippen molar-refractivity contribution < 1.29 is 9.26 Å². The van der Waals surface area contributed by atoms with E-state index in [0.717, 1.165) is 11.3 Å². The first-order chi connectivity index (χ1) is 9.35. The molecule has 0 saturated carbocycles. The molecular weight excluding hydrogens is 262 g/mol. The Labute approximate surface area is 115 Å². The van der Waals surface area contributed by atoms with Gasteiger partial charge < -0.3 is 9.26 Å². The fourth-order valence-corrected chi connectivity index (χ4v) is 2.02. The van der Waals surface area contributed by atoms with E-state index in [2.05, 4.69) is 16.2 Å². The Balaban J connectivity index is 2.16. The fraction of sp³-hybridized carbons (Fsp3) is 0.308. The first-order valence-electron chi connectivity index (χ1n) is 5.84. The number of aromatic nitrogens is 2. The van der Waals surface area contributed by atoms with Crippen molar-refractivity contribution in [3.8, 4) is 23.2 Å². The van der Waals surface area contributed by atoms with Crippen LogP contribution in [0.1, 0.15) is 12.8 Å². The molecule has 0 aliphatic rings. The number of hydrogen-bond acceptors (Lipinski definition) is 6. The summed E-state index contributed by atoms with van der Waals surface area (Å²) in [6.07, 6.45) is 0. The van der Waals surface area contributed by atoms with E-state index in [1.807, 2.05) is 31.2 Å². The molecular formula is C13H13N3O2S. The number of thioether (sulfide) groups is 1. The minimum Gasteiger partial charge on any atom is -0.493 e. The third-order valence-electron chi connectivity index (χ3n) is 2.29. The van der Waals surface area contributed by atoms with Gasteiger partial charge in [-0.05, 0) is 19.1 Å². The van der Waals surface area contributed by atoms with Gasteiger partial charge in [0.05, 0.1) is 29.7 Å². The number of nitriles is 1. The average molecular weight is 275 g/mol. The van der Waals surface area contributed by atoms with Gasteiger partial charge in [0.2, 0.25) is 11.7 Å². The summed E-state index contributed by atoms with van der Waals surface area (Å²) in [6, 6.07) is 9.62. The van der Waals surface area contributed by atoms with E-state index >= 15 is 0 Å². The van der Waals surface area contributed by atoms with E-state index in [4.69, 9.17) is 14.5 Å². The zero-order valence-corrected chi connectivity index (χ0v) is 11.3. The molecule has 0 aliphatic heterocycles. The Morgan fingerprint density at radius 1 is 1.42 bits per heavy atom. The fourth-order valence-electron chi connectivity index (χ4n) is 1.54. The highest BCUT2D eigenvalue weighted by molar-refractivity contribution is 7.98. The minimum absolute atomic E-state index is 0.410. The lowest BCUT2D eigenvalue weighted by Gasteiger charge is -2.05. The van der Waals surface area contributed by atoms with E-state index < -0.39 is 0 Å². The molecule has 5 nitrogen and oxygen atoms in total. The summed E-state index contributed by atoms with van der Waals surface area (Å²) in [5.41, 5.74) is 0.810. The summed E-state index contributed by atoms with van der Waals surface area (Å²) < 4.78 is 10.7. The summed E-state index contributed by atoms with van der Waals surface area (Å²) >= 11 is 1.44. The number of ether oxygens (including phenoxy) is 1. The molecule has 0 amide bonds. The molecule has 19 heavy (non-hydrogen) atoms. The zero-order chi connectivity index (χ0) is 13.5. The van der Waals surface area contributed by atoms with Crippen LogP contribution in [0.5, 0.6) is 5.75 Å². The van der Waals surface area contributed by atoms with Gasteiger partial charge in [-0.15, -0.1) is 11.8 Å². The van der Waals surface area contributed by atoms with Crippen LogP contribution in [0.3, 0.4) is 0 Å². The molecule has 1 aromatic carbocycles. The van der Waals surface area contributed by atoms with Crippen molar-refractivity contribution in [2.24, 2.45) is 0 Å². The molecule has 0 aliphatic carbocycles. The molecule has 2 rings (SSSR count). The molecule has 6 heteroatoms. The smallest absolute Gasteiger partial charge is 0.236 e. The number of hydrogen-bond donors (Lipinski definition) is 0. The lowest BCUT2D eigenvalue weighted by atomic mass is 10.2. The maximum atomic E-state index is 8.47. The number of para-hydroxylation sites is 1. The quantitative estimate of drug-likeness (QED) is 0.755. The first-order valence-corrected chi connectivity index (χ1v) is 7.00. The van der Waals surface area contributed by atoms with E-state index in [0.29, 0.717) is 29.8 Å². The number of benzene rings is 1. The van der Waals surface area contributed by atoms with E-state index in [1.54, 1.807) is 0 Å². The van der Waals surface area contributed by atoms with Crippen molar-refractivity contribution in [3.63, 3.8) is 0 Å². The Morgan fingerprint density at radius 3 is 3.05 bits per heavy atom. The summed E-state index contributed by atoms with van der Waals surface area (Å²) in [4.78, 5) is 4.31. The van der Waals surface area contributed by atoms with Crippen LogP contribution in [-0.4, -0.2) is 22.5 Å². The summed E-state index contributed by atoms with van der Waals surface area (Å²) in [5, 5.41) is 12.4. The molecule has 0 N–H and O–H groups in total. The van der Waals surface area contributed by atoms with Crippen molar-refractivity contribution in [2.75, 3.05) is 12.4 Å². The highest BCUT2D eigenvalue weighted by atomic mass is 32.2. The van der Waals surface area contributed by atoms with Gasteiger partial charge in [-0.1, -0.05) is 17.3 Å². The van der Waals surface area contributed by atoms with Crippen molar-refractivity contribution in [2.45, 2.75) is 12.7 Å². The maximum Gasteiger partial charge on any atom is 0.236 e. The summed E-state index contributed by atoms with van der Waals surface area (Å²) in [6.45, 7) is 2.51. The van der Waals surface area contributed by atoms with Gasteiger partial charge in [0.1, 0.15) is 5.75 Å². The molecule has 0 spiro atoms. The topological polar surface area (TPSA) is 71.9 Å². The molecule has 98 valence electrons. The SMILES string of the molecule is CCOc1ccccc1-c1noc(CSCC#N)n1. The van der Waals surface area contributed by atoms with Gasteiger partial charge >= 0.3 is 0 Å². The largest absolute Gasteiger partial charge is 0.493 e. The molecule has 2 aromatic rings. The molecule has 0 atom stereocenters. The van der Waals surface area contributed by atoms with E-state index in [-0.39, 0.29) is 0 Å². The lowest BCUT2D eigenvalue weighted by molar-refractivity contribution is 0.341. The van der Waals surface area contributed by atoms with Crippen LogP contribution >= 0.6 is 11.8 Å². The van der Waals surface area contributed by atoms with Gasteiger partial charge in [0.25, 0.3) is 0 Å². The third kappa shape index (κ3) is 3.48. The summed E-state index contributed by atoms with van der Waals surface area (Å²) in [5.74, 6) is 2.71. The number of nitrogens with zero attached hydrogens (tertiary/aromatic N) is 3. The zero-order valence-electron chi connectivity index (χ0n) is 10.5. The Hall–Kier alpha value is -2.00. The molecule has 0 unspecified atom stereocenters. The molecule has 0 saturated heterocycles.